The van der Waals surface area contributed by atoms with Crippen LogP contribution in [0.15, 0.2) is 48.8 Å². The molecule has 18 heavy (non-hydrogen) atoms. The Morgan fingerprint density at radius 2 is 2.00 bits per heavy atom. The van der Waals surface area contributed by atoms with Gasteiger partial charge in [0.05, 0.1) is 0 Å². The van der Waals surface area contributed by atoms with E-state index in [1.54, 1.807) is 6.20 Å². The third-order valence-electron chi connectivity index (χ3n) is 2.86. The van der Waals surface area contributed by atoms with Crippen LogP contribution in [0.3, 0.4) is 0 Å². The van der Waals surface area contributed by atoms with E-state index in [1.165, 1.54) is 14.5 Å². The van der Waals surface area contributed by atoms with Gasteiger partial charge in [-0.1, -0.05) is 0 Å². The van der Waals surface area contributed by atoms with Crippen LogP contribution in [0.5, 0.6) is 0 Å². The molecule has 0 unspecified atom stereocenters. The number of halogens is 1. The molecule has 3 nitrogen and oxygen atoms in total. The first kappa shape index (κ1) is 11.5. The average molecular weight is 349 g/mol. The summed E-state index contributed by atoms with van der Waals surface area (Å²) in [6.07, 6.45) is 3.81. The first-order valence-corrected chi connectivity index (χ1v) is 6.81. The third-order valence-corrected chi connectivity index (χ3v) is 3.58. The molecule has 1 aromatic carbocycles. The lowest BCUT2D eigenvalue weighted by Crippen LogP contribution is -1.98. The molecule has 2 aromatic heterocycles. The van der Waals surface area contributed by atoms with Gasteiger partial charge in [0, 0.05) is 33.6 Å². The van der Waals surface area contributed by atoms with Crippen molar-refractivity contribution in [1.29, 1.82) is 0 Å². The fourth-order valence-electron chi connectivity index (χ4n) is 1.92. The van der Waals surface area contributed by atoms with E-state index in [-0.39, 0.29) is 0 Å². The van der Waals surface area contributed by atoms with E-state index in [0.29, 0.717) is 0 Å². The van der Waals surface area contributed by atoms with Gasteiger partial charge in [0.15, 0.2) is 0 Å². The molecule has 90 valence electrons. The molecule has 0 aliphatic rings. The molecule has 0 radical (unpaired) electrons. The molecule has 0 aliphatic heterocycles. The second-order valence-corrected chi connectivity index (χ2v) is 5.32. The maximum Gasteiger partial charge on any atom is 0.137 e. The highest BCUT2D eigenvalue weighted by Crippen LogP contribution is 2.18. The van der Waals surface area contributed by atoms with Crippen molar-refractivity contribution in [3.63, 3.8) is 0 Å². The number of aromatic amines is 1. The van der Waals surface area contributed by atoms with E-state index in [0.717, 1.165) is 17.9 Å². The molecule has 4 heteroatoms. The molecule has 0 spiro atoms. The SMILES string of the molecule is Ic1ccc(NCc2c[nH]c3ncccc23)cc1. The summed E-state index contributed by atoms with van der Waals surface area (Å²) in [6, 6.07) is 12.4. The molecule has 2 N–H and O–H groups in total. The number of aromatic nitrogens is 2. The topological polar surface area (TPSA) is 40.7 Å². The summed E-state index contributed by atoms with van der Waals surface area (Å²) in [5.74, 6) is 0. The van der Waals surface area contributed by atoms with Crippen molar-refractivity contribution in [2.45, 2.75) is 6.54 Å². The number of rotatable bonds is 3. The van der Waals surface area contributed by atoms with Crippen molar-refractivity contribution < 1.29 is 0 Å². The molecule has 3 aromatic rings. The van der Waals surface area contributed by atoms with Gasteiger partial charge in [0.1, 0.15) is 5.65 Å². The Labute approximate surface area is 119 Å². The van der Waals surface area contributed by atoms with Gasteiger partial charge in [0.25, 0.3) is 0 Å². The minimum Gasteiger partial charge on any atom is -0.381 e. The lowest BCUT2D eigenvalue weighted by Gasteiger charge is -2.05. The van der Waals surface area contributed by atoms with Crippen molar-refractivity contribution >= 4 is 39.3 Å². The van der Waals surface area contributed by atoms with E-state index in [1.807, 2.05) is 12.3 Å². The van der Waals surface area contributed by atoms with Crippen LogP contribution in [-0.2, 0) is 6.54 Å². The van der Waals surface area contributed by atoms with Crippen LogP contribution in [0.2, 0.25) is 0 Å². The van der Waals surface area contributed by atoms with Crippen LogP contribution in [0.1, 0.15) is 5.56 Å². The Balaban J connectivity index is 1.79. The van der Waals surface area contributed by atoms with Crippen LogP contribution in [0, 0.1) is 3.57 Å². The van der Waals surface area contributed by atoms with E-state index in [9.17, 15) is 0 Å². The number of hydrogen-bond donors (Lipinski definition) is 2. The number of hydrogen-bond acceptors (Lipinski definition) is 2. The van der Waals surface area contributed by atoms with Crippen molar-refractivity contribution in [3.05, 3.63) is 57.9 Å². The number of nitrogens with one attached hydrogen (secondary N) is 2. The van der Waals surface area contributed by atoms with Gasteiger partial charge in [-0.05, 0) is 64.6 Å². The van der Waals surface area contributed by atoms with Crippen molar-refractivity contribution in [1.82, 2.24) is 9.97 Å². The minimum absolute atomic E-state index is 0.798. The van der Waals surface area contributed by atoms with Crippen LogP contribution in [0.4, 0.5) is 5.69 Å². The second kappa shape index (κ2) is 4.97. The molecule has 0 bridgehead atoms. The fraction of sp³-hybridized carbons (Fsp3) is 0.0714. The Bertz CT molecular complexity index is 658. The third kappa shape index (κ3) is 2.33. The first-order valence-electron chi connectivity index (χ1n) is 5.73. The van der Waals surface area contributed by atoms with Crippen molar-refractivity contribution in [2.75, 3.05) is 5.32 Å². The van der Waals surface area contributed by atoms with E-state index >= 15 is 0 Å². The molecule has 3 rings (SSSR count). The monoisotopic (exact) mass is 349 g/mol. The summed E-state index contributed by atoms with van der Waals surface area (Å²) in [7, 11) is 0. The highest BCUT2D eigenvalue weighted by atomic mass is 127. The summed E-state index contributed by atoms with van der Waals surface area (Å²) in [4.78, 5) is 7.47. The number of pyridine rings is 1. The minimum atomic E-state index is 0.798. The Hall–Kier alpha value is -1.56. The van der Waals surface area contributed by atoms with Crippen molar-refractivity contribution in [3.8, 4) is 0 Å². The summed E-state index contributed by atoms with van der Waals surface area (Å²) < 4.78 is 1.24. The number of anilines is 1. The maximum atomic E-state index is 4.28. The van der Waals surface area contributed by atoms with Gasteiger partial charge >= 0.3 is 0 Å². The molecular formula is C14H12IN3. The quantitative estimate of drug-likeness (QED) is 0.707. The molecule has 2 heterocycles. The Kier molecular flexibility index (Phi) is 3.19. The zero-order valence-corrected chi connectivity index (χ0v) is 11.8. The first-order chi connectivity index (χ1) is 8.83. The molecule has 0 atom stereocenters. The summed E-state index contributed by atoms with van der Waals surface area (Å²) >= 11 is 2.31. The highest BCUT2D eigenvalue weighted by Gasteiger charge is 2.03. The normalized spacial score (nSPS) is 10.7. The second-order valence-electron chi connectivity index (χ2n) is 4.07. The Morgan fingerprint density at radius 1 is 1.17 bits per heavy atom. The zero-order chi connectivity index (χ0) is 12.4. The van der Waals surface area contributed by atoms with Gasteiger partial charge < -0.3 is 10.3 Å². The predicted molar refractivity (Wildman–Crippen MR) is 82.6 cm³/mol. The highest BCUT2D eigenvalue weighted by molar-refractivity contribution is 14.1. The summed E-state index contributed by atoms with van der Waals surface area (Å²) in [5, 5.41) is 4.59. The molecule has 0 amide bonds. The molecule has 0 saturated heterocycles. The summed E-state index contributed by atoms with van der Waals surface area (Å²) in [5.41, 5.74) is 3.31. The lowest BCUT2D eigenvalue weighted by molar-refractivity contribution is 1.16. The maximum absolute atomic E-state index is 4.28. The van der Waals surface area contributed by atoms with Gasteiger partial charge in [-0.25, -0.2) is 4.98 Å². The fourth-order valence-corrected chi connectivity index (χ4v) is 2.28. The predicted octanol–water partition coefficient (Wildman–Crippen LogP) is 3.78. The van der Waals surface area contributed by atoms with E-state index in [2.05, 4.69) is 68.2 Å². The number of nitrogens with zero attached hydrogens (tertiary/aromatic N) is 1. The van der Waals surface area contributed by atoms with Crippen LogP contribution in [-0.4, -0.2) is 9.97 Å². The summed E-state index contributed by atoms with van der Waals surface area (Å²) in [6.45, 7) is 0.798. The van der Waals surface area contributed by atoms with E-state index < -0.39 is 0 Å². The van der Waals surface area contributed by atoms with Gasteiger partial charge in [-0.2, -0.15) is 0 Å². The molecular weight excluding hydrogens is 337 g/mol. The standard InChI is InChI=1S/C14H12IN3/c15-11-3-5-12(6-4-11)17-8-10-9-18-14-13(10)2-1-7-16-14/h1-7,9,17H,8H2,(H,16,18). The molecule has 0 fully saturated rings. The van der Waals surface area contributed by atoms with Gasteiger partial charge in [0.2, 0.25) is 0 Å². The van der Waals surface area contributed by atoms with Crippen LogP contribution >= 0.6 is 22.6 Å². The number of fused-ring (bicyclic) bond motifs is 1. The molecule has 0 aliphatic carbocycles. The van der Waals surface area contributed by atoms with Gasteiger partial charge in [-0.3, -0.25) is 0 Å². The lowest BCUT2D eigenvalue weighted by atomic mass is 10.2. The Morgan fingerprint density at radius 3 is 2.83 bits per heavy atom. The van der Waals surface area contributed by atoms with Crippen molar-refractivity contribution in [2.24, 2.45) is 0 Å². The average Bonchev–Trinajstić information content (AvgIpc) is 2.82. The largest absolute Gasteiger partial charge is 0.381 e. The number of benzene rings is 1. The van der Waals surface area contributed by atoms with Crippen LogP contribution in [0.25, 0.3) is 11.0 Å². The smallest absolute Gasteiger partial charge is 0.137 e. The molecule has 0 saturated carbocycles. The van der Waals surface area contributed by atoms with Crippen LogP contribution < -0.4 is 5.32 Å². The van der Waals surface area contributed by atoms with Gasteiger partial charge in [-0.15, -0.1) is 0 Å². The zero-order valence-electron chi connectivity index (χ0n) is 9.65. The van der Waals surface area contributed by atoms with E-state index in [4.69, 9.17) is 0 Å². The number of H-pyrrole nitrogens is 1.